The number of carbonyl (C=O) groups is 4. The predicted octanol–water partition coefficient (Wildman–Crippen LogP) is 1.91. The molecule has 2 amide bonds. The van der Waals surface area contributed by atoms with Gasteiger partial charge in [0, 0.05) is 11.7 Å². The van der Waals surface area contributed by atoms with Gasteiger partial charge in [0.1, 0.15) is 23.5 Å². The number of halogens is 1. The van der Waals surface area contributed by atoms with Gasteiger partial charge in [-0.3, -0.25) is 9.59 Å². The molecular weight excluding hydrogens is 565 g/mol. The molecule has 0 radical (unpaired) electrons. The average molecular weight is 593 g/mol. The maximum Gasteiger partial charge on any atom is 0.511 e. The Labute approximate surface area is 213 Å². The van der Waals surface area contributed by atoms with E-state index in [0.717, 1.165) is 0 Å². The largest absolute Gasteiger partial charge is 0.511 e. The molecule has 3 rings (SSSR count). The van der Waals surface area contributed by atoms with E-state index in [4.69, 9.17) is 15.2 Å². The Bertz CT molecular complexity index is 901. The van der Waals surface area contributed by atoms with Crippen LogP contribution in [0.25, 0.3) is 0 Å². The molecule has 2 fully saturated rings. The topological polar surface area (TPSA) is 137 Å². The Hall–Kier alpha value is -2.06. The van der Waals surface area contributed by atoms with Gasteiger partial charge in [-0.05, 0) is 26.3 Å². The first kappa shape index (κ1) is 27.2. The van der Waals surface area contributed by atoms with Crippen molar-refractivity contribution in [2.45, 2.75) is 62.2 Å². The van der Waals surface area contributed by atoms with E-state index in [1.165, 1.54) is 23.6 Å². The summed E-state index contributed by atoms with van der Waals surface area (Å²) in [4.78, 5) is 51.0. The van der Waals surface area contributed by atoms with Gasteiger partial charge in [0.05, 0.1) is 6.61 Å². The number of carbonyl (C=O) groups excluding carboxylic acids is 4. The Morgan fingerprint density at radius 3 is 2.45 bits per heavy atom. The number of fused-ring (bicyclic) bond motifs is 1. The molecule has 3 N–H and O–H groups in total. The van der Waals surface area contributed by atoms with E-state index < -0.39 is 58.5 Å². The molecule has 0 aliphatic carbocycles. The SMILES string of the molecule is CCOC(=O)OC(C)OC(=O)[C@@H]1N2C(=O)[C@@H](NC(=O)[C@H](N)c3ccccc3)[C@H]2SC1(C)C.I. The maximum absolute atomic E-state index is 12.8. The number of nitrogens with two attached hydrogens (primary N) is 1. The maximum atomic E-state index is 12.8. The van der Waals surface area contributed by atoms with Crippen molar-refractivity contribution in [3.63, 3.8) is 0 Å². The second-order valence-corrected chi connectivity index (χ2v) is 9.71. The zero-order valence-corrected chi connectivity index (χ0v) is 21.8. The minimum atomic E-state index is -1.18. The molecular formula is C21H28IN3O7S. The van der Waals surface area contributed by atoms with Gasteiger partial charge in [0.25, 0.3) is 0 Å². The highest BCUT2D eigenvalue weighted by Crippen LogP contribution is 2.51. The molecule has 1 unspecified atom stereocenters. The van der Waals surface area contributed by atoms with Crippen molar-refractivity contribution >= 4 is 59.7 Å². The third-order valence-corrected chi connectivity index (χ3v) is 6.78. The van der Waals surface area contributed by atoms with E-state index in [1.54, 1.807) is 45.0 Å². The molecule has 1 aromatic carbocycles. The lowest BCUT2D eigenvalue weighted by atomic mass is 9.95. The monoisotopic (exact) mass is 593 g/mol. The summed E-state index contributed by atoms with van der Waals surface area (Å²) >= 11 is 1.38. The Morgan fingerprint density at radius 2 is 1.85 bits per heavy atom. The molecule has 10 nitrogen and oxygen atoms in total. The van der Waals surface area contributed by atoms with Crippen molar-refractivity contribution in [2.75, 3.05) is 6.61 Å². The molecule has 182 valence electrons. The van der Waals surface area contributed by atoms with Gasteiger partial charge in [0.2, 0.25) is 18.1 Å². The summed E-state index contributed by atoms with van der Waals surface area (Å²) in [6.45, 7) is 6.74. The summed E-state index contributed by atoms with van der Waals surface area (Å²) in [6.07, 6.45) is -2.14. The molecule has 2 heterocycles. The van der Waals surface area contributed by atoms with Crippen molar-refractivity contribution in [2.24, 2.45) is 5.73 Å². The number of nitrogens with zero attached hydrogens (tertiary/aromatic N) is 1. The quantitative estimate of drug-likeness (QED) is 0.210. The number of benzene rings is 1. The van der Waals surface area contributed by atoms with Gasteiger partial charge in [-0.25, -0.2) is 9.59 Å². The molecule has 0 bridgehead atoms. The molecule has 33 heavy (non-hydrogen) atoms. The van der Waals surface area contributed by atoms with Gasteiger partial charge in [-0.1, -0.05) is 30.3 Å². The number of hydrogen-bond acceptors (Lipinski definition) is 9. The molecule has 2 aliphatic rings. The summed E-state index contributed by atoms with van der Waals surface area (Å²) in [5.74, 6) is -1.58. The van der Waals surface area contributed by atoms with Crippen molar-refractivity contribution in [3.05, 3.63) is 35.9 Å². The number of thioether (sulfide) groups is 1. The summed E-state index contributed by atoms with van der Waals surface area (Å²) in [5, 5.41) is 2.26. The molecule has 1 aromatic rings. The molecule has 2 saturated heterocycles. The van der Waals surface area contributed by atoms with Crippen molar-refractivity contribution < 1.29 is 33.4 Å². The van der Waals surface area contributed by atoms with Crippen LogP contribution in [0.4, 0.5) is 4.79 Å². The number of hydrogen-bond donors (Lipinski definition) is 2. The minimum Gasteiger partial charge on any atom is -0.435 e. The Morgan fingerprint density at radius 1 is 1.21 bits per heavy atom. The zero-order valence-electron chi connectivity index (χ0n) is 18.7. The highest BCUT2D eigenvalue weighted by molar-refractivity contribution is 14.0. The molecule has 5 atom stereocenters. The van der Waals surface area contributed by atoms with Crippen LogP contribution in [0.1, 0.15) is 39.3 Å². The van der Waals surface area contributed by atoms with Crippen LogP contribution in [0.2, 0.25) is 0 Å². The van der Waals surface area contributed by atoms with E-state index in [0.29, 0.717) is 5.56 Å². The van der Waals surface area contributed by atoms with Crippen LogP contribution >= 0.6 is 35.7 Å². The van der Waals surface area contributed by atoms with Gasteiger partial charge < -0.3 is 30.2 Å². The van der Waals surface area contributed by atoms with E-state index >= 15 is 0 Å². The molecule has 2 aliphatic heterocycles. The highest BCUT2D eigenvalue weighted by atomic mass is 127. The van der Waals surface area contributed by atoms with Crippen LogP contribution in [0.3, 0.4) is 0 Å². The van der Waals surface area contributed by atoms with E-state index in [1.807, 2.05) is 6.07 Å². The number of ether oxygens (including phenoxy) is 3. The van der Waals surface area contributed by atoms with Crippen LogP contribution in [0.15, 0.2) is 30.3 Å². The standard InChI is InChI=1S/C21H27N3O7S.HI/c1-5-29-20(28)31-11(2)30-19(27)15-21(3,4)32-18-14(17(26)24(15)18)23-16(25)13(22)12-9-7-6-8-10-12;/h6-11,13-15,18H,5,22H2,1-4H3,(H,23,25);1H/t11?,13-,14-,15+,18-;/m1./s1. The van der Waals surface area contributed by atoms with Crippen LogP contribution < -0.4 is 11.1 Å². The average Bonchev–Trinajstić information content (AvgIpc) is 2.99. The third kappa shape index (κ3) is 5.72. The Balaban J connectivity index is 0.00000385. The predicted molar refractivity (Wildman–Crippen MR) is 130 cm³/mol. The minimum absolute atomic E-state index is 0. The number of β-lactam (4-membered cyclic amide) rings is 1. The lowest BCUT2D eigenvalue weighted by molar-refractivity contribution is -0.180. The lowest BCUT2D eigenvalue weighted by Gasteiger charge is -2.44. The number of nitrogens with one attached hydrogen (secondary N) is 1. The first-order valence-electron chi connectivity index (χ1n) is 10.2. The molecule has 0 saturated carbocycles. The highest BCUT2D eigenvalue weighted by Gasteiger charge is 2.64. The fourth-order valence-corrected chi connectivity index (χ4v) is 5.34. The van der Waals surface area contributed by atoms with Crippen LogP contribution in [-0.4, -0.2) is 63.9 Å². The molecule has 0 aromatic heterocycles. The first-order valence-corrected chi connectivity index (χ1v) is 11.1. The van der Waals surface area contributed by atoms with E-state index in [9.17, 15) is 19.2 Å². The number of amides is 2. The molecule has 12 heteroatoms. The van der Waals surface area contributed by atoms with E-state index in [2.05, 4.69) is 10.1 Å². The smallest absolute Gasteiger partial charge is 0.435 e. The van der Waals surface area contributed by atoms with Gasteiger partial charge in [-0.15, -0.1) is 35.7 Å². The summed E-state index contributed by atoms with van der Waals surface area (Å²) in [7, 11) is 0. The van der Waals surface area contributed by atoms with Crippen molar-refractivity contribution in [3.8, 4) is 0 Å². The lowest BCUT2D eigenvalue weighted by Crippen LogP contribution is -2.71. The number of rotatable bonds is 7. The fourth-order valence-electron chi connectivity index (χ4n) is 3.72. The fraction of sp³-hybridized carbons (Fsp3) is 0.524. The first-order chi connectivity index (χ1) is 15.1. The zero-order chi connectivity index (χ0) is 23.6. The van der Waals surface area contributed by atoms with Gasteiger partial charge in [0.15, 0.2) is 0 Å². The van der Waals surface area contributed by atoms with E-state index in [-0.39, 0.29) is 30.6 Å². The second-order valence-electron chi connectivity index (χ2n) is 7.94. The molecule has 0 spiro atoms. The summed E-state index contributed by atoms with van der Waals surface area (Å²) in [5.41, 5.74) is 6.65. The van der Waals surface area contributed by atoms with Crippen molar-refractivity contribution in [1.82, 2.24) is 10.2 Å². The summed E-state index contributed by atoms with van der Waals surface area (Å²) < 4.78 is 14.0. The van der Waals surface area contributed by atoms with Gasteiger partial charge in [-0.2, -0.15) is 0 Å². The number of esters is 1. The normalized spacial score (nSPS) is 24.3. The Kier molecular flexibility index (Phi) is 8.99. The van der Waals surface area contributed by atoms with Crippen LogP contribution in [0.5, 0.6) is 0 Å². The van der Waals surface area contributed by atoms with Crippen LogP contribution in [0, 0.1) is 0 Å². The second kappa shape index (κ2) is 10.9. The van der Waals surface area contributed by atoms with Gasteiger partial charge >= 0.3 is 12.1 Å². The third-order valence-electron chi connectivity index (χ3n) is 5.21. The summed E-state index contributed by atoms with van der Waals surface area (Å²) in [6, 6.07) is 6.21. The van der Waals surface area contributed by atoms with Crippen LogP contribution in [-0.2, 0) is 28.6 Å². The van der Waals surface area contributed by atoms with Crippen molar-refractivity contribution in [1.29, 1.82) is 0 Å².